The molecule has 5 rings (SSSR count). The van der Waals surface area contributed by atoms with Crippen LogP contribution in [0.5, 0.6) is 5.75 Å². The molecule has 0 unspecified atom stereocenters. The van der Waals surface area contributed by atoms with Crippen LogP contribution in [0.3, 0.4) is 0 Å². The van der Waals surface area contributed by atoms with Crippen LogP contribution in [-0.2, 0) is 16.5 Å². The number of hydrogen-bond acceptors (Lipinski definition) is 6. The van der Waals surface area contributed by atoms with Crippen molar-refractivity contribution in [3.05, 3.63) is 88.1 Å². The van der Waals surface area contributed by atoms with Crippen molar-refractivity contribution in [3.63, 3.8) is 0 Å². The van der Waals surface area contributed by atoms with Crippen LogP contribution in [0.4, 0.5) is 19.0 Å². The third-order valence-electron chi connectivity index (χ3n) is 6.65. The SMILES string of the molecule is COC(=O)c1ccc(C2(NC(=O)c3cc(Cl)cnc3N3CC(Oc4cccc(C(F)(F)F)c4)C3)CC2)cc1. The van der Waals surface area contributed by atoms with Crippen LogP contribution in [0.2, 0.25) is 5.02 Å². The van der Waals surface area contributed by atoms with Crippen molar-refractivity contribution < 1.29 is 32.2 Å². The number of rotatable bonds is 7. The zero-order valence-corrected chi connectivity index (χ0v) is 21.0. The maximum absolute atomic E-state index is 13.4. The normalized spacial score (nSPS) is 16.4. The lowest BCUT2D eigenvalue weighted by atomic mass is 10.0. The lowest BCUT2D eigenvalue weighted by molar-refractivity contribution is -0.137. The highest BCUT2D eigenvalue weighted by Crippen LogP contribution is 2.46. The van der Waals surface area contributed by atoms with Gasteiger partial charge < -0.3 is 19.7 Å². The van der Waals surface area contributed by atoms with Gasteiger partial charge in [0.25, 0.3) is 5.91 Å². The molecule has 0 radical (unpaired) electrons. The molecule has 3 aromatic rings. The monoisotopic (exact) mass is 545 g/mol. The average Bonchev–Trinajstić information content (AvgIpc) is 3.66. The molecule has 11 heteroatoms. The second-order valence-electron chi connectivity index (χ2n) is 9.30. The number of esters is 1. The third-order valence-corrected chi connectivity index (χ3v) is 6.86. The van der Waals surface area contributed by atoms with Crippen molar-refractivity contribution in [2.75, 3.05) is 25.1 Å². The minimum absolute atomic E-state index is 0.125. The number of amides is 1. The summed E-state index contributed by atoms with van der Waals surface area (Å²) in [5, 5.41) is 3.38. The van der Waals surface area contributed by atoms with E-state index in [1.54, 1.807) is 24.3 Å². The number of carbonyl (C=O) groups excluding carboxylic acids is 2. The molecule has 2 aromatic carbocycles. The Morgan fingerprint density at radius 2 is 1.82 bits per heavy atom. The molecule has 198 valence electrons. The van der Waals surface area contributed by atoms with Crippen LogP contribution in [0, 0.1) is 0 Å². The highest BCUT2D eigenvalue weighted by Gasteiger charge is 2.46. The molecule has 0 bridgehead atoms. The number of benzene rings is 2. The van der Waals surface area contributed by atoms with Crippen molar-refractivity contribution in [2.45, 2.75) is 30.7 Å². The first kappa shape index (κ1) is 25.8. The van der Waals surface area contributed by atoms with Gasteiger partial charge in [0.1, 0.15) is 17.7 Å². The number of anilines is 1. The summed E-state index contributed by atoms with van der Waals surface area (Å²) in [5.41, 5.74) is 0.231. The molecular formula is C27H23ClF3N3O4. The van der Waals surface area contributed by atoms with Crippen molar-refractivity contribution in [2.24, 2.45) is 0 Å². The minimum Gasteiger partial charge on any atom is -0.487 e. The van der Waals surface area contributed by atoms with Crippen molar-refractivity contribution in [3.8, 4) is 5.75 Å². The largest absolute Gasteiger partial charge is 0.487 e. The second kappa shape index (κ2) is 9.83. The minimum atomic E-state index is -4.46. The molecule has 1 N–H and O–H groups in total. The Morgan fingerprint density at radius 3 is 2.45 bits per heavy atom. The lowest BCUT2D eigenvalue weighted by Crippen LogP contribution is -2.55. The molecule has 38 heavy (non-hydrogen) atoms. The first-order chi connectivity index (χ1) is 18.1. The van der Waals surface area contributed by atoms with Gasteiger partial charge in [-0.05, 0) is 54.8 Å². The van der Waals surface area contributed by atoms with Gasteiger partial charge in [-0.15, -0.1) is 0 Å². The molecule has 1 aliphatic heterocycles. The molecule has 1 saturated heterocycles. The Kier molecular flexibility index (Phi) is 6.68. The van der Waals surface area contributed by atoms with E-state index in [0.29, 0.717) is 29.5 Å². The molecule has 0 spiro atoms. The molecule has 1 amide bonds. The number of nitrogens with one attached hydrogen (secondary N) is 1. The third kappa shape index (κ3) is 5.26. The Balaban J connectivity index is 1.27. The van der Waals surface area contributed by atoms with Gasteiger partial charge in [0.2, 0.25) is 0 Å². The summed E-state index contributed by atoms with van der Waals surface area (Å²) in [6, 6.07) is 13.2. The Morgan fingerprint density at radius 1 is 1.11 bits per heavy atom. The van der Waals surface area contributed by atoms with E-state index in [1.165, 1.54) is 31.5 Å². The Hall–Kier alpha value is -3.79. The molecule has 2 fully saturated rings. The summed E-state index contributed by atoms with van der Waals surface area (Å²) < 4.78 is 49.4. The molecule has 1 aromatic heterocycles. The van der Waals surface area contributed by atoms with Gasteiger partial charge in [0.05, 0.1) is 47.5 Å². The molecule has 2 heterocycles. The molecule has 0 atom stereocenters. The van der Waals surface area contributed by atoms with Crippen LogP contribution in [-0.4, -0.2) is 43.2 Å². The number of pyridine rings is 1. The van der Waals surface area contributed by atoms with Crippen molar-refractivity contribution in [1.82, 2.24) is 10.3 Å². The molecule has 2 aliphatic rings. The standard InChI is InChI=1S/C27H23ClF3N3O4/c1-37-25(36)16-5-7-17(8-6-16)26(9-10-26)33-24(35)22-12-19(28)13-32-23(22)34-14-21(15-34)38-20-4-2-3-18(11-20)27(29,30)31/h2-8,11-13,21H,9-10,14-15H2,1H3,(H,33,35). The van der Waals surface area contributed by atoms with Crippen molar-refractivity contribution in [1.29, 1.82) is 0 Å². The van der Waals surface area contributed by atoms with Crippen LogP contribution in [0.25, 0.3) is 0 Å². The summed E-state index contributed by atoms with van der Waals surface area (Å²) in [6.45, 7) is 0.677. The maximum atomic E-state index is 13.4. The van der Waals surface area contributed by atoms with E-state index < -0.39 is 23.2 Å². The predicted molar refractivity (Wildman–Crippen MR) is 133 cm³/mol. The van der Waals surface area contributed by atoms with E-state index >= 15 is 0 Å². The highest BCUT2D eigenvalue weighted by molar-refractivity contribution is 6.31. The van der Waals surface area contributed by atoms with Gasteiger partial charge >= 0.3 is 12.1 Å². The van der Waals surface area contributed by atoms with E-state index in [9.17, 15) is 22.8 Å². The lowest BCUT2D eigenvalue weighted by Gasteiger charge is -2.40. The van der Waals surface area contributed by atoms with Gasteiger partial charge in [-0.3, -0.25) is 4.79 Å². The average molecular weight is 546 g/mol. The molecule has 1 aliphatic carbocycles. The number of nitrogens with zero attached hydrogens (tertiary/aromatic N) is 2. The summed E-state index contributed by atoms with van der Waals surface area (Å²) >= 11 is 6.16. The van der Waals surface area contributed by atoms with Gasteiger partial charge in [0.15, 0.2) is 0 Å². The van der Waals surface area contributed by atoms with Gasteiger partial charge in [0, 0.05) is 6.20 Å². The highest BCUT2D eigenvalue weighted by atomic mass is 35.5. The van der Waals surface area contributed by atoms with Crippen LogP contribution >= 0.6 is 11.6 Å². The smallest absolute Gasteiger partial charge is 0.416 e. The Labute approximate surface area is 221 Å². The van der Waals surface area contributed by atoms with E-state index in [2.05, 4.69) is 10.3 Å². The molecule has 1 saturated carbocycles. The van der Waals surface area contributed by atoms with E-state index in [4.69, 9.17) is 21.1 Å². The van der Waals surface area contributed by atoms with Gasteiger partial charge in [-0.25, -0.2) is 9.78 Å². The summed E-state index contributed by atoms with van der Waals surface area (Å²) in [4.78, 5) is 31.3. The van der Waals surface area contributed by atoms with Crippen molar-refractivity contribution >= 4 is 29.3 Å². The zero-order chi connectivity index (χ0) is 27.1. The number of aromatic nitrogens is 1. The van der Waals surface area contributed by atoms with Crippen LogP contribution < -0.4 is 15.0 Å². The van der Waals surface area contributed by atoms with E-state index in [-0.39, 0.29) is 23.3 Å². The number of methoxy groups -OCH3 is 1. The number of alkyl halides is 3. The van der Waals surface area contributed by atoms with E-state index in [1.807, 2.05) is 4.90 Å². The van der Waals surface area contributed by atoms with E-state index in [0.717, 1.165) is 30.5 Å². The Bertz CT molecular complexity index is 1370. The summed E-state index contributed by atoms with van der Waals surface area (Å²) in [5.74, 6) is -0.259. The predicted octanol–water partition coefficient (Wildman–Crippen LogP) is 5.23. The topological polar surface area (TPSA) is 80.8 Å². The maximum Gasteiger partial charge on any atom is 0.416 e. The first-order valence-electron chi connectivity index (χ1n) is 11.8. The number of hydrogen-bond donors (Lipinski definition) is 1. The molecule has 7 nitrogen and oxygen atoms in total. The fourth-order valence-electron chi connectivity index (χ4n) is 4.41. The number of carbonyl (C=O) groups is 2. The summed E-state index contributed by atoms with van der Waals surface area (Å²) in [6.07, 6.45) is -1.92. The van der Waals surface area contributed by atoms with Crippen LogP contribution in [0.1, 0.15) is 44.7 Å². The van der Waals surface area contributed by atoms with Crippen LogP contribution in [0.15, 0.2) is 60.8 Å². The van der Waals surface area contributed by atoms with Gasteiger partial charge in [-0.1, -0.05) is 29.8 Å². The summed E-state index contributed by atoms with van der Waals surface area (Å²) in [7, 11) is 1.31. The second-order valence-corrected chi connectivity index (χ2v) is 9.74. The van der Waals surface area contributed by atoms with Gasteiger partial charge in [-0.2, -0.15) is 13.2 Å². The quantitative estimate of drug-likeness (QED) is 0.410. The fraction of sp³-hybridized carbons (Fsp3) is 0.296. The number of ether oxygens (including phenoxy) is 2. The first-order valence-corrected chi connectivity index (χ1v) is 12.2. The molecular weight excluding hydrogens is 523 g/mol. The number of halogens is 4. The fourth-order valence-corrected chi connectivity index (χ4v) is 4.57. The zero-order valence-electron chi connectivity index (χ0n) is 20.2.